The second kappa shape index (κ2) is 10.2. The summed E-state index contributed by atoms with van der Waals surface area (Å²) >= 11 is 0. The Labute approximate surface area is 184 Å². The van der Waals surface area contributed by atoms with Crippen LogP contribution in [0, 0.1) is 6.92 Å². The van der Waals surface area contributed by atoms with E-state index < -0.39 is 15.9 Å². The number of aryl methyl sites for hydroxylation is 1. The number of aliphatic hydroxyl groups is 1. The van der Waals surface area contributed by atoms with Crippen molar-refractivity contribution in [3.05, 3.63) is 125 Å². The predicted octanol–water partition coefficient (Wildman–Crippen LogP) is 5.83. The Morgan fingerprint density at radius 3 is 2.10 bits per heavy atom. The van der Waals surface area contributed by atoms with Crippen LogP contribution in [-0.4, -0.2) is 19.6 Å². The van der Waals surface area contributed by atoms with E-state index in [1.165, 1.54) is 6.08 Å². The fourth-order valence-electron chi connectivity index (χ4n) is 3.34. The summed E-state index contributed by atoms with van der Waals surface area (Å²) in [5, 5.41) is 11.1. The van der Waals surface area contributed by atoms with E-state index in [0.717, 1.165) is 16.7 Å². The lowest BCUT2D eigenvalue weighted by molar-refractivity contribution is 0.267. The van der Waals surface area contributed by atoms with Crippen LogP contribution in [0.4, 0.5) is 0 Å². The molecule has 0 saturated carbocycles. The molecule has 3 aromatic rings. The van der Waals surface area contributed by atoms with E-state index in [1.807, 2.05) is 67.6 Å². The molecule has 0 aliphatic carbocycles. The highest BCUT2D eigenvalue weighted by Gasteiger charge is 2.29. The number of benzene rings is 3. The number of allylic oxidation sites excluding steroid dienone is 2. The molecule has 0 bridgehead atoms. The van der Waals surface area contributed by atoms with Crippen molar-refractivity contribution in [2.45, 2.75) is 24.3 Å². The second-order valence-corrected chi connectivity index (χ2v) is 9.15. The molecule has 3 aromatic carbocycles. The lowest BCUT2D eigenvalue weighted by atomic mass is 10.00. The normalized spacial score (nSPS) is 13.6. The smallest absolute Gasteiger partial charge is 0.205 e. The standard InChI is InChI=1S/C27H26O3S/c1-3-10-25(23-13-8-5-9-14-23)27(26(28)20-17-22-11-6-4-7-12-22)31(29,30)24-18-15-21(2)16-19-24/h3-9,11-20,26,28H,1,10H2,2H3/b20-17+,27-25-. The topological polar surface area (TPSA) is 54.4 Å². The molecular weight excluding hydrogens is 404 g/mol. The molecule has 31 heavy (non-hydrogen) atoms. The second-order valence-electron chi connectivity index (χ2n) is 7.23. The molecule has 3 nitrogen and oxygen atoms in total. The van der Waals surface area contributed by atoms with Gasteiger partial charge in [-0.3, -0.25) is 0 Å². The molecule has 4 heteroatoms. The number of sulfone groups is 1. The van der Waals surface area contributed by atoms with Crippen molar-refractivity contribution in [1.82, 2.24) is 0 Å². The highest BCUT2D eigenvalue weighted by atomic mass is 32.2. The Hall–Kier alpha value is -3.21. The van der Waals surface area contributed by atoms with Crippen molar-refractivity contribution >= 4 is 21.5 Å². The number of rotatable bonds is 8. The summed E-state index contributed by atoms with van der Waals surface area (Å²) in [6.07, 6.45) is 3.89. The van der Waals surface area contributed by atoms with Gasteiger partial charge < -0.3 is 5.11 Å². The Morgan fingerprint density at radius 2 is 1.52 bits per heavy atom. The third-order valence-electron chi connectivity index (χ3n) is 4.93. The maximum atomic E-state index is 13.7. The fraction of sp³-hybridized carbons (Fsp3) is 0.111. The maximum absolute atomic E-state index is 13.7. The van der Waals surface area contributed by atoms with Crippen LogP contribution < -0.4 is 0 Å². The van der Waals surface area contributed by atoms with E-state index in [2.05, 4.69) is 6.58 Å². The molecule has 0 amide bonds. The van der Waals surface area contributed by atoms with Crippen LogP contribution >= 0.6 is 0 Å². The molecule has 0 heterocycles. The van der Waals surface area contributed by atoms with Crippen molar-refractivity contribution in [2.24, 2.45) is 0 Å². The zero-order chi connectivity index (χ0) is 22.3. The van der Waals surface area contributed by atoms with Crippen molar-refractivity contribution in [2.75, 3.05) is 0 Å². The largest absolute Gasteiger partial charge is 0.384 e. The highest BCUT2D eigenvalue weighted by Crippen LogP contribution is 2.33. The van der Waals surface area contributed by atoms with Gasteiger partial charge in [0.1, 0.15) is 6.10 Å². The molecule has 1 atom stereocenters. The van der Waals surface area contributed by atoms with Gasteiger partial charge in [0.05, 0.1) is 9.80 Å². The molecule has 0 aliphatic rings. The van der Waals surface area contributed by atoms with Crippen molar-refractivity contribution < 1.29 is 13.5 Å². The van der Waals surface area contributed by atoms with E-state index in [9.17, 15) is 13.5 Å². The van der Waals surface area contributed by atoms with Crippen molar-refractivity contribution in [3.8, 4) is 0 Å². The van der Waals surface area contributed by atoms with Crippen LogP contribution in [0.3, 0.4) is 0 Å². The minimum absolute atomic E-state index is 0.0327. The summed E-state index contributed by atoms with van der Waals surface area (Å²) in [5.74, 6) is 0. The van der Waals surface area contributed by atoms with Gasteiger partial charge in [0.2, 0.25) is 9.84 Å². The Kier molecular flexibility index (Phi) is 7.40. The van der Waals surface area contributed by atoms with E-state index in [0.29, 0.717) is 12.0 Å². The molecule has 0 aromatic heterocycles. The van der Waals surface area contributed by atoms with Gasteiger partial charge in [-0.15, -0.1) is 6.58 Å². The first-order chi connectivity index (χ1) is 14.9. The van der Waals surface area contributed by atoms with Crippen LogP contribution in [0.15, 0.2) is 113 Å². The minimum Gasteiger partial charge on any atom is -0.384 e. The molecule has 1 unspecified atom stereocenters. The monoisotopic (exact) mass is 430 g/mol. The highest BCUT2D eigenvalue weighted by molar-refractivity contribution is 7.95. The molecule has 0 fully saturated rings. The molecule has 0 radical (unpaired) electrons. The van der Waals surface area contributed by atoms with Crippen LogP contribution in [0.5, 0.6) is 0 Å². The van der Waals surface area contributed by atoms with E-state index in [4.69, 9.17) is 0 Å². The summed E-state index contributed by atoms with van der Waals surface area (Å²) in [4.78, 5) is 0.118. The average molecular weight is 431 g/mol. The lowest BCUT2D eigenvalue weighted by Gasteiger charge is -2.19. The van der Waals surface area contributed by atoms with Gasteiger partial charge in [0.15, 0.2) is 0 Å². The summed E-state index contributed by atoms with van der Waals surface area (Å²) in [5.41, 5.74) is 3.10. The van der Waals surface area contributed by atoms with E-state index in [-0.39, 0.29) is 9.80 Å². The molecule has 158 valence electrons. The van der Waals surface area contributed by atoms with Gasteiger partial charge >= 0.3 is 0 Å². The van der Waals surface area contributed by atoms with Crippen molar-refractivity contribution in [3.63, 3.8) is 0 Å². The Bertz CT molecular complexity index is 1170. The van der Waals surface area contributed by atoms with Gasteiger partial charge in [0.25, 0.3) is 0 Å². The summed E-state index contributed by atoms with van der Waals surface area (Å²) in [7, 11) is -3.96. The molecule has 0 aliphatic heterocycles. The summed E-state index contributed by atoms with van der Waals surface area (Å²) in [6, 6.07) is 25.4. The fourth-order valence-corrected chi connectivity index (χ4v) is 5.01. The zero-order valence-electron chi connectivity index (χ0n) is 17.5. The van der Waals surface area contributed by atoms with Gasteiger partial charge in [-0.05, 0) is 42.2 Å². The number of aliphatic hydroxyl groups excluding tert-OH is 1. The third-order valence-corrected chi connectivity index (χ3v) is 6.89. The van der Waals surface area contributed by atoms with Gasteiger partial charge in [-0.2, -0.15) is 0 Å². The van der Waals surface area contributed by atoms with Crippen LogP contribution in [0.1, 0.15) is 23.1 Å². The third kappa shape index (κ3) is 5.48. The minimum atomic E-state index is -3.96. The molecular formula is C27H26O3S. The van der Waals surface area contributed by atoms with E-state index >= 15 is 0 Å². The van der Waals surface area contributed by atoms with Crippen LogP contribution in [0.25, 0.3) is 11.6 Å². The van der Waals surface area contributed by atoms with Crippen LogP contribution in [0.2, 0.25) is 0 Å². The zero-order valence-corrected chi connectivity index (χ0v) is 18.3. The Balaban J connectivity index is 2.20. The summed E-state index contributed by atoms with van der Waals surface area (Å²) < 4.78 is 27.4. The Morgan fingerprint density at radius 1 is 0.935 bits per heavy atom. The van der Waals surface area contributed by atoms with Crippen LogP contribution in [-0.2, 0) is 9.84 Å². The van der Waals surface area contributed by atoms with E-state index in [1.54, 1.807) is 36.4 Å². The van der Waals surface area contributed by atoms with Crippen molar-refractivity contribution in [1.29, 1.82) is 0 Å². The number of hydrogen-bond acceptors (Lipinski definition) is 3. The number of hydrogen-bond donors (Lipinski definition) is 1. The van der Waals surface area contributed by atoms with Gasteiger partial charge in [-0.25, -0.2) is 8.42 Å². The quantitative estimate of drug-likeness (QED) is 0.458. The SMILES string of the molecule is C=CC/C(=C(\C(O)/C=C/c1ccccc1)S(=O)(=O)c1ccc(C)cc1)c1ccccc1. The molecule has 0 saturated heterocycles. The summed E-state index contributed by atoms with van der Waals surface area (Å²) in [6.45, 7) is 5.70. The van der Waals surface area contributed by atoms with Gasteiger partial charge in [-0.1, -0.05) is 96.6 Å². The first-order valence-corrected chi connectivity index (χ1v) is 11.5. The molecule has 3 rings (SSSR count). The molecule has 1 N–H and O–H groups in total. The lowest BCUT2D eigenvalue weighted by Crippen LogP contribution is -2.19. The first-order valence-electron chi connectivity index (χ1n) is 10.1. The maximum Gasteiger partial charge on any atom is 0.205 e. The first kappa shape index (κ1) is 22.5. The van der Waals surface area contributed by atoms with Gasteiger partial charge in [0, 0.05) is 0 Å². The molecule has 0 spiro atoms. The predicted molar refractivity (Wildman–Crippen MR) is 128 cm³/mol. The average Bonchev–Trinajstić information content (AvgIpc) is 2.79.